The predicted molar refractivity (Wildman–Crippen MR) is 152 cm³/mol. The van der Waals surface area contributed by atoms with Crippen LogP contribution in [0, 0.1) is 40.9 Å². The fraction of sp³-hybridized carbons (Fsp3) is 0.333. The van der Waals surface area contributed by atoms with Crippen LogP contribution in [0.25, 0.3) is 0 Å². The summed E-state index contributed by atoms with van der Waals surface area (Å²) in [6.45, 7) is 0. The molecule has 4 atom stereocenters. The van der Waals surface area contributed by atoms with E-state index in [0.717, 1.165) is 6.07 Å². The molecule has 17 heteroatoms. The number of phenols is 1. The monoisotopic (exact) mass is 666 g/mol. The van der Waals surface area contributed by atoms with Gasteiger partial charge in [-0.2, -0.15) is 0 Å². The Hall–Kier alpha value is -5.03. The van der Waals surface area contributed by atoms with Gasteiger partial charge in [0, 0.05) is 31.3 Å². The number of allylic oxidation sites excluding steroid dienone is 1. The molecule has 3 aliphatic carbocycles. The molecule has 0 spiro atoms. The lowest BCUT2D eigenvalue weighted by molar-refractivity contribution is -0.148. The molecule has 2 unspecified atom stereocenters. The molecule has 0 heterocycles. The van der Waals surface area contributed by atoms with Crippen LogP contribution in [0.3, 0.4) is 0 Å². The van der Waals surface area contributed by atoms with E-state index in [1.807, 2.05) is 5.32 Å². The first-order valence-corrected chi connectivity index (χ1v) is 13.8. The summed E-state index contributed by atoms with van der Waals surface area (Å²) >= 11 is 0. The molecular formula is C30H27F5N4O8. The van der Waals surface area contributed by atoms with Crippen molar-refractivity contribution >= 4 is 34.8 Å². The first kappa shape index (κ1) is 33.3. The van der Waals surface area contributed by atoms with E-state index in [9.17, 15) is 61.6 Å². The summed E-state index contributed by atoms with van der Waals surface area (Å²) in [5.74, 6) is -23.3. The van der Waals surface area contributed by atoms with E-state index in [-0.39, 0.29) is 24.1 Å². The van der Waals surface area contributed by atoms with Crippen molar-refractivity contribution in [3.8, 4) is 5.75 Å². The standard InChI is InChI=1S/C30H27F5N4O8/c1-38(2)12-7-11(37-29(46)15-17(31)19(33)21(35)20(34)18(15)32)23(40)14-9(12)5-8-6-10-22(39(3)4)25(42)16(28(36)45)27(44)30(10,47)26(43)13(8)24(14)41/h7-8,10,22,40,42-43,47H,5-6H2,1-4H3,(H2,36,45)(H,37,46)/t8?,10?,22-,30-/m0/s1. The van der Waals surface area contributed by atoms with Crippen LogP contribution >= 0.6 is 0 Å². The number of ketones is 2. The Kier molecular flexibility index (Phi) is 7.84. The highest BCUT2D eigenvalue weighted by Crippen LogP contribution is 2.54. The number of nitrogens with zero attached hydrogens (tertiary/aromatic N) is 2. The van der Waals surface area contributed by atoms with E-state index < -0.39 is 121 Å². The number of nitrogens with one attached hydrogen (secondary N) is 1. The lowest BCUT2D eigenvalue weighted by Crippen LogP contribution is -2.63. The molecule has 47 heavy (non-hydrogen) atoms. The lowest BCUT2D eigenvalue weighted by atomic mass is 9.58. The number of benzene rings is 2. The van der Waals surface area contributed by atoms with Crippen LogP contribution in [-0.4, -0.2) is 88.5 Å². The van der Waals surface area contributed by atoms with Gasteiger partial charge in [-0.05, 0) is 44.5 Å². The zero-order chi connectivity index (χ0) is 35.2. The first-order valence-electron chi connectivity index (χ1n) is 13.8. The van der Waals surface area contributed by atoms with E-state index in [4.69, 9.17) is 5.73 Å². The molecule has 7 N–H and O–H groups in total. The van der Waals surface area contributed by atoms with E-state index in [0.29, 0.717) is 0 Å². The van der Waals surface area contributed by atoms with Crippen LogP contribution in [0.1, 0.15) is 32.7 Å². The van der Waals surface area contributed by atoms with E-state index >= 15 is 0 Å². The maximum atomic E-state index is 14.4. The van der Waals surface area contributed by atoms with Gasteiger partial charge in [0.1, 0.15) is 22.7 Å². The van der Waals surface area contributed by atoms with E-state index in [2.05, 4.69) is 0 Å². The number of nitrogens with two attached hydrogens (primary N) is 1. The Morgan fingerprint density at radius 3 is 2.02 bits per heavy atom. The van der Waals surface area contributed by atoms with Gasteiger partial charge in [-0.1, -0.05) is 0 Å². The largest absolute Gasteiger partial charge is 0.510 e. The molecular weight excluding hydrogens is 639 g/mol. The maximum absolute atomic E-state index is 14.4. The predicted octanol–water partition coefficient (Wildman–Crippen LogP) is 2.13. The second-order valence-electron chi connectivity index (χ2n) is 11.9. The van der Waals surface area contributed by atoms with Crippen molar-refractivity contribution in [1.82, 2.24) is 4.90 Å². The third kappa shape index (κ3) is 4.55. The molecule has 0 aliphatic heterocycles. The number of primary amides is 1. The topological polar surface area (TPSA) is 194 Å². The number of phenolic OH excluding ortho intramolecular Hbond substituents is 1. The normalized spacial score (nSPS) is 23.9. The second kappa shape index (κ2) is 11.0. The summed E-state index contributed by atoms with van der Waals surface area (Å²) in [6, 6.07) is -0.138. The molecule has 0 aromatic heterocycles. The number of rotatable bonds is 5. The quantitative estimate of drug-likeness (QED) is 0.0906. The van der Waals surface area contributed by atoms with Gasteiger partial charge in [0.05, 0.1) is 17.3 Å². The van der Waals surface area contributed by atoms with E-state index in [1.54, 1.807) is 0 Å². The number of carbonyl (C=O) groups excluding carboxylic acids is 4. The zero-order valence-corrected chi connectivity index (χ0v) is 25.0. The van der Waals surface area contributed by atoms with Crippen LogP contribution < -0.4 is 16.0 Å². The fourth-order valence-corrected chi connectivity index (χ4v) is 6.78. The van der Waals surface area contributed by atoms with Crippen molar-refractivity contribution in [2.45, 2.75) is 24.5 Å². The van der Waals surface area contributed by atoms with Gasteiger partial charge in [-0.3, -0.25) is 24.1 Å². The number of Topliss-reactive ketones (excluding diaryl/α,β-unsaturated/α-hetero) is 2. The SMILES string of the molecule is CN(C)c1cc(NC(=O)c2c(F)c(F)c(F)c(F)c2F)c(O)c2c1CC1CC3[C@H](N(C)C)C(O)=C(C(N)=O)C(=O)[C@@]3(O)C(O)=C1C2=O. The molecule has 250 valence electrons. The number of carbonyl (C=O) groups is 4. The van der Waals surface area contributed by atoms with Gasteiger partial charge in [0.15, 0.2) is 40.4 Å². The van der Waals surface area contributed by atoms with Gasteiger partial charge >= 0.3 is 0 Å². The minimum atomic E-state index is -2.93. The number of anilines is 2. The first-order chi connectivity index (χ1) is 21.8. The summed E-state index contributed by atoms with van der Waals surface area (Å²) in [5, 5.41) is 47.1. The van der Waals surface area contributed by atoms with Gasteiger partial charge in [0.2, 0.25) is 11.6 Å². The summed E-state index contributed by atoms with van der Waals surface area (Å²) in [4.78, 5) is 55.3. The number of aromatic hydroxyl groups is 1. The number of hydrogen-bond donors (Lipinski definition) is 6. The number of amides is 2. The van der Waals surface area contributed by atoms with Crippen LogP contribution in [0.4, 0.5) is 33.3 Å². The molecule has 12 nitrogen and oxygen atoms in total. The maximum Gasteiger partial charge on any atom is 0.261 e. The molecule has 0 saturated heterocycles. The summed E-state index contributed by atoms with van der Waals surface area (Å²) in [5.41, 5.74) is -2.03. The molecule has 2 aromatic rings. The molecule has 5 rings (SSSR count). The fourth-order valence-electron chi connectivity index (χ4n) is 6.78. The van der Waals surface area contributed by atoms with Crippen molar-refractivity contribution in [2.75, 3.05) is 38.4 Å². The molecule has 0 saturated carbocycles. The Labute approximate surface area is 262 Å². The average molecular weight is 667 g/mol. The number of halogens is 5. The Morgan fingerprint density at radius 1 is 0.957 bits per heavy atom. The molecule has 0 bridgehead atoms. The van der Waals surface area contributed by atoms with Crippen molar-refractivity contribution in [3.05, 3.63) is 74.5 Å². The van der Waals surface area contributed by atoms with Crippen molar-refractivity contribution in [1.29, 1.82) is 0 Å². The number of aliphatic hydroxyl groups excluding tert-OH is 2. The van der Waals surface area contributed by atoms with Gasteiger partial charge in [-0.25, -0.2) is 22.0 Å². The van der Waals surface area contributed by atoms with Gasteiger partial charge < -0.3 is 36.4 Å². The average Bonchev–Trinajstić information content (AvgIpc) is 2.97. The van der Waals surface area contributed by atoms with Crippen molar-refractivity contribution in [3.63, 3.8) is 0 Å². The Morgan fingerprint density at radius 2 is 1.51 bits per heavy atom. The van der Waals surface area contributed by atoms with Gasteiger partial charge in [-0.15, -0.1) is 0 Å². The van der Waals surface area contributed by atoms with Crippen LogP contribution in [0.2, 0.25) is 0 Å². The highest BCUT2D eigenvalue weighted by atomic mass is 19.2. The summed E-state index contributed by atoms with van der Waals surface area (Å²) < 4.78 is 69.9. The van der Waals surface area contributed by atoms with Crippen molar-refractivity contribution in [2.24, 2.45) is 17.6 Å². The Bertz CT molecular complexity index is 1860. The smallest absolute Gasteiger partial charge is 0.261 e. The Balaban J connectivity index is 1.68. The number of aliphatic hydroxyl groups is 3. The lowest BCUT2D eigenvalue weighted by Gasteiger charge is -2.50. The summed E-state index contributed by atoms with van der Waals surface area (Å²) in [7, 11) is 5.92. The van der Waals surface area contributed by atoms with Gasteiger partial charge in [0.25, 0.3) is 11.8 Å². The van der Waals surface area contributed by atoms with Crippen LogP contribution in [0.5, 0.6) is 5.75 Å². The van der Waals surface area contributed by atoms with Crippen molar-refractivity contribution < 1.29 is 61.6 Å². The summed E-state index contributed by atoms with van der Waals surface area (Å²) in [6.07, 6.45) is -0.348. The molecule has 2 amide bonds. The second-order valence-corrected chi connectivity index (χ2v) is 11.9. The molecule has 0 radical (unpaired) electrons. The minimum Gasteiger partial charge on any atom is -0.510 e. The molecule has 0 fully saturated rings. The zero-order valence-electron chi connectivity index (χ0n) is 25.0. The van der Waals surface area contributed by atoms with E-state index in [1.165, 1.54) is 38.0 Å². The molecule has 2 aromatic carbocycles. The highest BCUT2D eigenvalue weighted by molar-refractivity contribution is 6.25. The molecule has 3 aliphatic rings. The highest BCUT2D eigenvalue weighted by Gasteiger charge is 2.63. The van der Waals surface area contributed by atoms with Crippen LogP contribution in [0.15, 0.2) is 28.7 Å². The number of likely N-dealkylation sites (N-methyl/N-ethyl adjacent to an activating group) is 1. The number of hydrogen-bond acceptors (Lipinski definition) is 10. The number of fused-ring (bicyclic) bond motifs is 3. The van der Waals surface area contributed by atoms with Crippen LogP contribution in [-0.2, 0) is 16.0 Å². The third-order valence-electron chi connectivity index (χ3n) is 8.87. The third-order valence-corrected chi connectivity index (χ3v) is 8.87. The minimum absolute atomic E-state index is 0.137.